The lowest BCUT2D eigenvalue weighted by Crippen LogP contribution is -2.52. The number of rotatable bonds is 9. The van der Waals surface area contributed by atoms with E-state index < -0.39 is 47.9 Å². The molecule has 2 amide bonds. The predicted octanol–water partition coefficient (Wildman–Crippen LogP) is 2.73. The largest absolute Gasteiger partial charge is 0.476 e. The number of aromatic amines is 1. The third-order valence-corrected chi connectivity index (χ3v) is 6.80. The quantitative estimate of drug-likeness (QED) is 0.394. The fourth-order valence-corrected chi connectivity index (χ4v) is 4.28. The number of anilines is 1. The average Bonchev–Trinajstić information content (AvgIpc) is 3.68. The number of alkyl halides is 2. The monoisotopic (exact) mass is 520 g/mol. The standard InChI is InChI=1S/C24H30F2N6O5/c1-13(28-23(35)36)17-9-16(10-27-22(17)34)18-11-32(8-7-24(18,25)26)14(2)21(33)29-19-5-6-20(31-30-19)37-12-15-3-4-15/h5-6,9-10,13-15,18,28H,3-4,7-8,11-12H2,1-2H3,(H,27,34)(H,35,36)(H,29,30,33). The van der Waals surface area contributed by atoms with Crippen LogP contribution in [0.4, 0.5) is 19.4 Å². The van der Waals surface area contributed by atoms with E-state index in [0.29, 0.717) is 18.4 Å². The first-order valence-electron chi connectivity index (χ1n) is 12.1. The van der Waals surface area contributed by atoms with E-state index in [1.54, 1.807) is 24.0 Å². The van der Waals surface area contributed by atoms with E-state index in [1.165, 1.54) is 19.2 Å². The number of pyridine rings is 1. The molecule has 1 saturated heterocycles. The van der Waals surface area contributed by atoms with Gasteiger partial charge in [-0.2, -0.15) is 0 Å². The number of nitrogens with one attached hydrogen (secondary N) is 3. The summed E-state index contributed by atoms with van der Waals surface area (Å²) in [5.74, 6) is -3.67. The van der Waals surface area contributed by atoms with E-state index in [-0.39, 0.29) is 30.0 Å². The van der Waals surface area contributed by atoms with Gasteiger partial charge in [-0.1, -0.05) is 0 Å². The number of nitrogens with zero attached hydrogens (tertiary/aromatic N) is 3. The lowest BCUT2D eigenvalue weighted by molar-refractivity contribution is -0.125. The van der Waals surface area contributed by atoms with Gasteiger partial charge in [0.25, 0.3) is 11.5 Å². The summed E-state index contributed by atoms with van der Waals surface area (Å²) in [6.07, 6.45) is 1.69. The number of carbonyl (C=O) groups excluding carboxylic acids is 1. The van der Waals surface area contributed by atoms with Gasteiger partial charge in [0.2, 0.25) is 11.8 Å². The van der Waals surface area contributed by atoms with Crippen molar-refractivity contribution >= 4 is 17.8 Å². The first-order valence-corrected chi connectivity index (χ1v) is 12.1. The highest BCUT2D eigenvalue weighted by atomic mass is 19.3. The number of amides is 2. The third-order valence-electron chi connectivity index (χ3n) is 6.80. The van der Waals surface area contributed by atoms with Crippen molar-refractivity contribution in [1.29, 1.82) is 0 Å². The highest BCUT2D eigenvalue weighted by Gasteiger charge is 2.46. The molecule has 3 unspecified atom stereocenters. The number of halogens is 2. The number of piperidine rings is 1. The van der Waals surface area contributed by atoms with Crippen molar-refractivity contribution in [2.75, 3.05) is 25.0 Å². The highest BCUT2D eigenvalue weighted by molar-refractivity contribution is 5.93. The van der Waals surface area contributed by atoms with E-state index in [4.69, 9.17) is 9.84 Å². The van der Waals surface area contributed by atoms with Crippen LogP contribution >= 0.6 is 0 Å². The number of aromatic nitrogens is 3. The van der Waals surface area contributed by atoms with Gasteiger partial charge >= 0.3 is 6.09 Å². The first-order chi connectivity index (χ1) is 17.5. The molecule has 200 valence electrons. The Morgan fingerprint density at radius 1 is 1.30 bits per heavy atom. The van der Waals surface area contributed by atoms with Crippen LogP contribution in [0.2, 0.25) is 0 Å². The highest BCUT2D eigenvalue weighted by Crippen LogP contribution is 2.41. The van der Waals surface area contributed by atoms with Crippen LogP contribution in [0.5, 0.6) is 5.88 Å². The van der Waals surface area contributed by atoms with Gasteiger partial charge in [-0.15, -0.1) is 10.2 Å². The smallest absolute Gasteiger partial charge is 0.405 e. The summed E-state index contributed by atoms with van der Waals surface area (Å²) in [7, 11) is 0. The van der Waals surface area contributed by atoms with Gasteiger partial charge in [0, 0.05) is 37.3 Å². The zero-order valence-corrected chi connectivity index (χ0v) is 20.5. The third kappa shape index (κ3) is 6.59. The van der Waals surface area contributed by atoms with Crippen LogP contribution in [0, 0.1) is 5.92 Å². The Labute approximate surface area is 211 Å². The minimum atomic E-state index is -3.09. The van der Waals surface area contributed by atoms with Gasteiger partial charge in [0.15, 0.2) is 5.82 Å². The van der Waals surface area contributed by atoms with Crippen molar-refractivity contribution in [2.24, 2.45) is 5.92 Å². The van der Waals surface area contributed by atoms with E-state index >= 15 is 0 Å². The summed E-state index contributed by atoms with van der Waals surface area (Å²) in [4.78, 5) is 40.1. The number of hydrogen-bond acceptors (Lipinski definition) is 7. The second-order valence-corrected chi connectivity index (χ2v) is 9.62. The zero-order valence-electron chi connectivity index (χ0n) is 20.5. The Kier molecular flexibility index (Phi) is 7.71. The number of carboxylic acid groups (broad SMARTS) is 1. The molecule has 13 heteroatoms. The Bertz CT molecular complexity index is 1190. The van der Waals surface area contributed by atoms with Gasteiger partial charge in [0.1, 0.15) is 0 Å². The fraction of sp³-hybridized carbons (Fsp3) is 0.542. The Hall–Kier alpha value is -3.61. The summed E-state index contributed by atoms with van der Waals surface area (Å²) in [5, 5.41) is 21.7. The molecule has 1 aliphatic heterocycles. The molecule has 0 aromatic carbocycles. The van der Waals surface area contributed by atoms with Crippen LogP contribution < -0.4 is 20.9 Å². The summed E-state index contributed by atoms with van der Waals surface area (Å²) >= 11 is 0. The molecule has 0 spiro atoms. The molecule has 3 atom stereocenters. The zero-order chi connectivity index (χ0) is 26.7. The van der Waals surface area contributed by atoms with Crippen LogP contribution in [-0.2, 0) is 4.79 Å². The summed E-state index contributed by atoms with van der Waals surface area (Å²) < 4.78 is 35.5. The van der Waals surface area contributed by atoms with Crippen molar-refractivity contribution in [1.82, 2.24) is 25.4 Å². The molecule has 2 aliphatic rings. The van der Waals surface area contributed by atoms with Crippen LogP contribution in [-0.4, -0.2) is 68.8 Å². The Morgan fingerprint density at radius 3 is 2.70 bits per heavy atom. The number of likely N-dealkylation sites (tertiary alicyclic amines) is 1. The molecule has 3 heterocycles. The molecule has 2 aromatic rings. The van der Waals surface area contributed by atoms with Crippen molar-refractivity contribution in [2.45, 2.75) is 57.0 Å². The molecular formula is C24H30F2N6O5. The topological polar surface area (TPSA) is 150 Å². The van der Waals surface area contributed by atoms with Crippen molar-refractivity contribution < 1.29 is 28.2 Å². The van der Waals surface area contributed by atoms with Gasteiger partial charge in [-0.25, -0.2) is 13.6 Å². The van der Waals surface area contributed by atoms with Crippen LogP contribution in [0.1, 0.15) is 56.2 Å². The molecule has 1 aliphatic carbocycles. The molecule has 4 rings (SSSR count). The van der Waals surface area contributed by atoms with Gasteiger partial charge in [0.05, 0.1) is 24.6 Å². The van der Waals surface area contributed by atoms with Gasteiger partial charge in [-0.3, -0.25) is 14.5 Å². The maximum atomic E-state index is 15.0. The first kappa shape index (κ1) is 26.5. The fourth-order valence-electron chi connectivity index (χ4n) is 4.28. The summed E-state index contributed by atoms with van der Waals surface area (Å²) in [6.45, 7) is 3.50. The molecule has 2 fully saturated rings. The van der Waals surface area contributed by atoms with E-state index in [2.05, 4.69) is 25.8 Å². The normalized spacial score (nSPS) is 21.0. The SMILES string of the molecule is CC(NC(=O)O)c1cc(C2CN(C(C)C(=O)Nc3ccc(OCC4CC4)nn3)CCC2(F)F)c[nH]c1=O. The van der Waals surface area contributed by atoms with E-state index in [0.717, 1.165) is 12.8 Å². The molecule has 4 N–H and O–H groups in total. The molecule has 0 bridgehead atoms. The van der Waals surface area contributed by atoms with Crippen LogP contribution in [0.15, 0.2) is 29.2 Å². The number of ether oxygens (including phenoxy) is 1. The second kappa shape index (κ2) is 10.8. The second-order valence-electron chi connectivity index (χ2n) is 9.62. The van der Waals surface area contributed by atoms with Crippen molar-refractivity contribution in [3.63, 3.8) is 0 Å². The van der Waals surface area contributed by atoms with E-state index in [1.807, 2.05) is 0 Å². The summed E-state index contributed by atoms with van der Waals surface area (Å²) in [6, 6.07) is 2.84. The summed E-state index contributed by atoms with van der Waals surface area (Å²) in [5.41, 5.74) is -0.385. The van der Waals surface area contributed by atoms with Crippen molar-refractivity contribution in [3.05, 3.63) is 45.9 Å². The van der Waals surface area contributed by atoms with Crippen molar-refractivity contribution in [3.8, 4) is 5.88 Å². The molecular weight excluding hydrogens is 490 g/mol. The number of carbonyl (C=O) groups is 2. The molecule has 11 nitrogen and oxygen atoms in total. The van der Waals surface area contributed by atoms with Crippen LogP contribution in [0.3, 0.4) is 0 Å². The maximum Gasteiger partial charge on any atom is 0.405 e. The average molecular weight is 521 g/mol. The maximum absolute atomic E-state index is 15.0. The Balaban J connectivity index is 1.43. The minimum Gasteiger partial charge on any atom is -0.476 e. The number of H-pyrrole nitrogens is 1. The number of hydrogen-bond donors (Lipinski definition) is 4. The molecule has 37 heavy (non-hydrogen) atoms. The predicted molar refractivity (Wildman–Crippen MR) is 129 cm³/mol. The molecule has 1 saturated carbocycles. The van der Waals surface area contributed by atoms with Crippen LogP contribution in [0.25, 0.3) is 0 Å². The Morgan fingerprint density at radius 2 is 2.05 bits per heavy atom. The lowest BCUT2D eigenvalue weighted by atomic mass is 9.86. The van der Waals surface area contributed by atoms with E-state index in [9.17, 15) is 23.2 Å². The van der Waals surface area contributed by atoms with Gasteiger partial charge in [-0.05, 0) is 50.3 Å². The molecule has 0 radical (unpaired) electrons. The lowest BCUT2D eigenvalue weighted by Gasteiger charge is -2.40. The molecule has 2 aromatic heterocycles. The minimum absolute atomic E-state index is 0.00903. The van der Waals surface area contributed by atoms with Gasteiger partial charge < -0.3 is 25.5 Å².